The van der Waals surface area contributed by atoms with Gasteiger partial charge >= 0.3 is 0 Å². The van der Waals surface area contributed by atoms with Crippen molar-refractivity contribution in [2.45, 2.75) is 13.0 Å². The number of rotatable bonds is 2. The second-order valence-corrected chi connectivity index (χ2v) is 3.62. The van der Waals surface area contributed by atoms with Crippen LogP contribution in [-0.2, 0) is 0 Å². The van der Waals surface area contributed by atoms with Crippen molar-refractivity contribution in [2.75, 3.05) is 0 Å². The van der Waals surface area contributed by atoms with E-state index in [-0.39, 0.29) is 11.8 Å². The van der Waals surface area contributed by atoms with E-state index in [1.165, 1.54) is 24.3 Å². The number of aliphatic hydroxyl groups is 1. The lowest BCUT2D eigenvalue weighted by Gasteiger charge is -2.00. The highest BCUT2D eigenvalue weighted by Gasteiger charge is 2.02. The maximum Gasteiger partial charge on any atom is 0.291 e. The number of hydrogen-bond donors (Lipinski definition) is 1. The maximum atomic E-state index is 12.7. The molecule has 0 spiro atoms. The van der Waals surface area contributed by atoms with Crippen LogP contribution in [0.25, 0.3) is 0 Å². The summed E-state index contributed by atoms with van der Waals surface area (Å²) in [5, 5.41) is 9.00. The topological polar surface area (TPSA) is 42.6 Å². The van der Waals surface area contributed by atoms with E-state index in [1.807, 2.05) is 0 Å². The molecule has 0 aliphatic rings. The van der Waals surface area contributed by atoms with Gasteiger partial charge in [-0.25, -0.2) is 4.39 Å². The van der Waals surface area contributed by atoms with Gasteiger partial charge in [0.05, 0.1) is 0 Å². The quantitative estimate of drug-likeness (QED) is 0.828. The van der Waals surface area contributed by atoms with Crippen LogP contribution >= 0.6 is 0 Å². The Morgan fingerprint density at radius 1 is 1.22 bits per heavy atom. The Bertz CT molecular complexity index is 573. The minimum Gasteiger partial charge on any atom is -0.426 e. The summed E-state index contributed by atoms with van der Waals surface area (Å²) in [7, 11) is 0. The molecule has 0 fully saturated rings. The monoisotopic (exact) mass is 246 g/mol. The molecule has 0 saturated heterocycles. The first-order valence-electron chi connectivity index (χ1n) is 5.36. The molecule has 0 saturated carbocycles. The van der Waals surface area contributed by atoms with Crippen LogP contribution < -0.4 is 4.74 Å². The van der Waals surface area contributed by atoms with Crippen LogP contribution in [0.3, 0.4) is 0 Å². The van der Waals surface area contributed by atoms with Crippen LogP contribution in [0.2, 0.25) is 0 Å². The molecule has 1 aromatic heterocycles. The molecule has 1 heterocycles. The molecule has 1 aromatic carbocycles. The van der Waals surface area contributed by atoms with E-state index in [0.717, 1.165) is 0 Å². The predicted octanol–water partition coefficient (Wildman–Crippen LogP) is 2.94. The van der Waals surface area contributed by atoms with Crippen LogP contribution in [0, 0.1) is 17.7 Å². The summed E-state index contributed by atoms with van der Waals surface area (Å²) in [6.07, 6.45) is -0.712. The molecule has 1 unspecified atom stereocenters. The van der Waals surface area contributed by atoms with E-state index in [9.17, 15) is 4.39 Å². The zero-order valence-corrected chi connectivity index (χ0v) is 9.68. The van der Waals surface area contributed by atoms with Crippen molar-refractivity contribution in [3.63, 3.8) is 0 Å². The van der Waals surface area contributed by atoms with Crippen LogP contribution in [0.15, 0.2) is 40.8 Å². The van der Waals surface area contributed by atoms with E-state index in [2.05, 4.69) is 11.8 Å². The highest BCUT2D eigenvalue weighted by Crippen LogP contribution is 2.23. The van der Waals surface area contributed by atoms with Gasteiger partial charge in [-0.3, -0.25) is 0 Å². The summed E-state index contributed by atoms with van der Waals surface area (Å²) in [6, 6.07) is 8.83. The largest absolute Gasteiger partial charge is 0.426 e. The fourth-order valence-corrected chi connectivity index (χ4v) is 1.24. The van der Waals surface area contributed by atoms with Crippen LogP contribution in [0.5, 0.6) is 11.7 Å². The number of aliphatic hydroxyl groups excluding tert-OH is 1. The number of halogens is 1. The van der Waals surface area contributed by atoms with E-state index in [1.54, 1.807) is 19.1 Å². The summed E-state index contributed by atoms with van der Waals surface area (Å²) in [6.45, 7) is 1.56. The van der Waals surface area contributed by atoms with Gasteiger partial charge in [-0.15, -0.1) is 0 Å². The standard InChI is InChI=1S/C14H11FO3/c1-10(16)2-5-12-8-9-14(17-12)18-13-6-3-11(15)4-7-13/h3-4,6-10,16H,1H3. The van der Waals surface area contributed by atoms with Crippen molar-refractivity contribution in [1.29, 1.82) is 0 Å². The van der Waals surface area contributed by atoms with E-state index in [0.29, 0.717) is 11.5 Å². The number of ether oxygens (including phenoxy) is 1. The lowest BCUT2D eigenvalue weighted by atomic mass is 10.3. The van der Waals surface area contributed by atoms with Gasteiger partial charge in [-0.1, -0.05) is 5.92 Å². The van der Waals surface area contributed by atoms with Crippen molar-refractivity contribution in [2.24, 2.45) is 0 Å². The summed E-state index contributed by atoms with van der Waals surface area (Å²) in [5.74, 6) is 6.01. The molecular formula is C14H11FO3. The third-order valence-electron chi connectivity index (χ3n) is 2.02. The lowest BCUT2D eigenvalue weighted by molar-refractivity contribution is 0.253. The summed E-state index contributed by atoms with van der Waals surface area (Å²) < 4.78 is 23.3. The maximum absolute atomic E-state index is 12.7. The Morgan fingerprint density at radius 3 is 2.61 bits per heavy atom. The molecule has 0 amide bonds. The molecule has 0 bridgehead atoms. The molecule has 0 radical (unpaired) electrons. The van der Waals surface area contributed by atoms with Gasteiger partial charge in [0.15, 0.2) is 5.76 Å². The van der Waals surface area contributed by atoms with Crippen LogP contribution in [0.1, 0.15) is 12.7 Å². The average Bonchev–Trinajstić information content (AvgIpc) is 2.77. The third-order valence-corrected chi connectivity index (χ3v) is 2.02. The average molecular weight is 246 g/mol. The van der Waals surface area contributed by atoms with Crippen molar-refractivity contribution < 1.29 is 18.7 Å². The molecule has 2 rings (SSSR count). The molecule has 0 aliphatic heterocycles. The Balaban J connectivity index is 2.07. The first kappa shape index (κ1) is 12.2. The zero-order chi connectivity index (χ0) is 13.0. The van der Waals surface area contributed by atoms with E-state index < -0.39 is 6.10 Å². The van der Waals surface area contributed by atoms with Gasteiger partial charge in [-0.2, -0.15) is 0 Å². The molecule has 0 aliphatic carbocycles. The number of benzene rings is 1. The van der Waals surface area contributed by atoms with Crippen molar-refractivity contribution in [3.8, 4) is 23.5 Å². The molecule has 18 heavy (non-hydrogen) atoms. The van der Waals surface area contributed by atoms with Gasteiger partial charge in [0, 0.05) is 6.07 Å². The highest BCUT2D eigenvalue weighted by molar-refractivity contribution is 5.31. The zero-order valence-electron chi connectivity index (χ0n) is 9.68. The highest BCUT2D eigenvalue weighted by atomic mass is 19.1. The smallest absolute Gasteiger partial charge is 0.291 e. The summed E-state index contributed by atoms with van der Waals surface area (Å²) >= 11 is 0. The number of furan rings is 1. The van der Waals surface area contributed by atoms with Crippen molar-refractivity contribution in [3.05, 3.63) is 48.0 Å². The molecule has 1 N–H and O–H groups in total. The minimum absolute atomic E-state index is 0.261. The van der Waals surface area contributed by atoms with E-state index in [4.69, 9.17) is 14.3 Å². The second-order valence-electron chi connectivity index (χ2n) is 3.62. The Kier molecular flexibility index (Phi) is 3.66. The van der Waals surface area contributed by atoms with Crippen LogP contribution in [-0.4, -0.2) is 11.2 Å². The molecule has 1 atom stereocenters. The van der Waals surface area contributed by atoms with E-state index >= 15 is 0 Å². The predicted molar refractivity (Wildman–Crippen MR) is 63.7 cm³/mol. The number of hydrogen-bond acceptors (Lipinski definition) is 3. The SMILES string of the molecule is CC(O)C#Cc1ccc(Oc2ccc(F)cc2)o1. The Hall–Kier alpha value is -2.25. The molecular weight excluding hydrogens is 235 g/mol. The van der Waals surface area contributed by atoms with Crippen molar-refractivity contribution >= 4 is 0 Å². The summed E-state index contributed by atoms with van der Waals surface area (Å²) in [4.78, 5) is 0. The first-order valence-corrected chi connectivity index (χ1v) is 5.36. The van der Waals surface area contributed by atoms with Gasteiger partial charge in [0.2, 0.25) is 0 Å². The lowest BCUT2D eigenvalue weighted by Crippen LogP contribution is -1.92. The summed E-state index contributed by atoms with van der Waals surface area (Å²) in [5.41, 5.74) is 0. The van der Waals surface area contributed by atoms with Gasteiger partial charge in [0.25, 0.3) is 5.95 Å². The Morgan fingerprint density at radius 2 is 1.94 bits per heavy atom. The third kappa shape index (κ3) is 3.37. The molecule has 4 heteroatoms. The van der Waals surface area contributed by atoms with Crippen molar-refractivity contribution in [1.82, 2.24) is 0 Å². The van der Waals surface area contributed by atoms with Gasteiger partial charge in [0.1, 0.15) is 17.7 Å². The van der Waals surface area contributed by atoms with Gasteiger partial charge < -0.3 is 14.3 Å². The normalized spacial score (nSPS) is 11.5. The molecule has 3 nitrogen and oxygen atoms in total. The van der Waals surface area contributed by atoms with Crippen LogP contribution in [0.4, 0.5) is 4.39 Å². The minimum atomic E-state index is -0.712. The fourth-order valence-electron chi connectivity index (χ4n) is 1.24. The molecule has 92 valence electrons. The second kappa shape index (κ2) is 5.39. The van der Waals surface area contributed by atoms with Gasteiger partial charge in [-0.05, 0) is 43.2 Å². The first-order chi connectivity index (χ1) is 8.63. The molecule has 2 aromatic rings. The Labute approximate surface area is 104 Å². The fraction of sp³-hybridized carbons (Fsp3) is 0.143.